The quantitative estimate of drug-likeness (QED) is 0.146. The van der Waals surface area contributed by atoms with Gasteiger partial charge in [0.05, 0.1) is 11.0 Å². The Balaban J connectivity index is 0.756. The molecule has 0 spiro atoms. The van der Waals surface area contributed by atoms with Crippen molar-refractivity contribution < 1.29 is 0 Å². The van der Waals surface area contributed by atoms with Crippen LogP contribution in [0.5, 0.6) is 0 Å². The summed E-state index contributed by atoms with van der Waals surface area (Å²) < 4.78 is 5.15. The molecule has 0 N–H and O–H groups in total. The summed E-state index contributed by atoms with van der Waals surface area (Å²) in [5, 5.41) is 18.2. The van der Waals surface area contributed by atoms with Gasteiger partial charge < -0.3 is 4.57 Å². The van der Waals surface area contributed by atoms with Crippen molar-refractivity contribution in [3.63, 3.8) is 0 Å². The maximum atomic E-state index is 2.52. The summed E-state index contributed by atoms with van der Waals surface area (Å²) in [6.45, 7) is 0. The lowest BCUT2D eigenvalue weighted by molar-refractivity contribution is 1.02. The molecule has 0 amide bonds. The lowest BCUT2D eigenvalue weighted by Crippen LogP contribution is -2.02. The van der Waals surface area contributed by atoms with Crippen molar-refractivity contribution in [1.29, 1.82) is 0 Å². The third-order valence-electron chi connectivity index (χ3n) is 17.5. The third-order valence-corrected chi connectivity index (χ3v) is 18.7. The summed E-state index contributed by atoms with van der Waals surface area (Å²) >= 11 is 1.89. The Bertz CT molecular complexity index is 5280. The van der Waals surface area contributed by atoms with Gasteiger partial charge in [-0.15, -0.1) is 11.3 Å². The van der Waals surface area contributed by atoms with Crippen LogP contribution in [-0.4, -0.2) is 4.57 Å². The Hall–Kier alpha value is -9.86. The molecule has 0 unspecified atom stereocenters. The van der Waals surface area contributed by atoms with Crippen LogP contribution in [0.4, 0.5) is 0 Å². The Morgan fingerprint density at radius 2 is 0.750 bits per heavy atom. The monoisotopic (exact) mass is 1030 g/mol. The van der Waals surface area contributed by atoms with E-state index >= 15 is 0 Å². The zero-order valence-electron chi connectivity index (χ0n) is 43.8. The number of aryl methyl sites for hydroxylation is 1. The summed E-state index contributed by atoms with van der Waals surface area (Å²) in [5.41, 5.74) is 18.8. The van der Waals surface area contributed by atoms with Crippen LogP contribution in [0, 0.1) is 0 Å². The van der Waals surface area contributed by atoms with E-state index in [4.69, 9.17) is 0 Å². The van der Waals surface area contributed by atoms with Crippen LogP contribution < -0.4 is 0 Å². The molecule has 80 heavy (non-hydrogen) atoms. The number of allylic oxidation sites excluding steroid dienone is 1. The van der Waals surface area contributed by atoms with Crippen LogP contribution in [0.15, 0.2) is 267 Å². The van der Waals surface area contributed by atoms with Crippen LogP contribution >= 0.6 is 11.3 Å². The largest absolute Gasteiger partial charge is 0.309 e. The van der Waals surface area contributed by atoms with Crippen LogP contribution in [0.2, 0.25) is 0 Å². The molecule has 17 rings (SSSR count). The smallest absolute Gasteiger partial charge is 0.0547 e. The highest BCUT2D eigenvalue weighted by atomic mass is 32.1. The van der Waals surface area contributed by atoms with Gasteiger partial charge in [0, 0.05) is 36.6 Å². The average molecular weight is 1030 g/mol. The molecule has 1 aliphatic carbocycles. The minimum absolute atomic E-state index is 0.977. The topological polar surface area (TPSA) is 4.93 Å². The van der Waals surface area contributed by atoms with E-state index in [1.54, 1.807) is 0 Å². The van der Waals surface area contributed by atoms with Gasteiger partial charge in [-0.05, 0) is 188 Å². The van der Waals surface area contributed by atoms with Crippen LogP contribution in [-0.2, 0) is 6.42 Å². The van der Waals surface area contributed by atoms with Gasteiger partial charge >= 0.3 is 0 Å². The lowest BCUT2D eigenvalue weighted by atomic mass is 9.81. The first-order chi connectivity index (χ1) is 39.6. The van der Waals surface area contributed by atoms with Crippen molar-refractivity contribution in [3.8, 4) is 50.2 Å². The fourth-order valence-corrected chi connectivity index (χ4v) is 15.0. The Kier molecular flexibility index (Phi) is 10.1. The van der Waals surface area contributed by atoms with Crippen molar-refractivity contribution in [2.24, 2.45) is 0 Å². The molecule has 372 valence electrons. The van der Waals surface area contributed by atoms with Crippen molar-refractivity contribution in [3.05, 3.63) is 284 Å². The molecule has 1 aliphatic rings. The van der Waals surface area contributed by atoms with Gasteiger partial charge in [0.15, 0.2) is 0 Å². The summed E-state index contributed by atoms with van der Waals surface area (Å²) in [7, 11) is 0. The summed E-state index contributed by atoms with van der Waals surface area (Å²) in [5.74, 6) is 0. The maximum absolute atomic E-state index is 2.52. The minimum atomic E-state index is 0.977. The first-order valence-electron chi connectivity index (χ1n) is 27.9. The molecule has 0 saturated carbocycles. The van der Waals surface area contributed by atoms with E-state index in [0.29, 0.717) is 0 Å². The molecule has 14 aromatic carbocycles. The fourth-order valence-electron chi connectivity index (χ4n) is 13.7. The fraction of sp³-hybridized carbons (Fsp3) is 0.0256. The highest BCUT2D eigenvalue weighted by Gasteiger charge is 2.21. The predicted octanol–water partition coefficient (Wildman–Crippen LogP) is 22.1. The molecule has 0 radical (unpaired) electrons. The molecule has 0 aliphatic heterocycles. The molecule has 0 bridgehead atoms. The standard InChI is InChI=1S/C78H49NS/c1-2-23-61-59(21-1)60-22-5-6-26-64(60)72-44-54(35-37-65(61)72)51-18-13-20-57(43-51)79-75-31-9-7-27-68(75)69-40-36-55(47-76(69)79)49-16-11-15-48(41-49)52-33-38-66-62-24-3-4-25-63(62)67-39-34-53(46-74(67)73(66)45-52)50-17-12-19-56(42-50)58-29-14-30-71-70-28-8-10-32-77(70)80-78(58)71/h1-32,34-37,39-47H,33,38H2. The number of benzene rings is 14. The van der Waals surface area contributed by atoms with E-state index in [-0.39, 0.29) is 0 Å². The van der Waals surface area contributed by atoms with Gasteiger partial charge in [-0.1, -0.05) is 218 Å². The van der Waals surface area contributed by atoms with Crippen molar-refractivity contribution in [2.75, 3.05) is 0 Å². The van der Waals surface area contributed by atoms with E-state index in [0.717, 1.165) is 18.5 Å². The van der Waals surface area contributed by atoms with Crippen LogP contribution in [0.1, 0.15) is 23.1 Å². The SMILES string of the molecule is C1=C(c2cccc(-c3ccc4c5ccccc5n(-c5cccc(-c6ccc7c8ccccc8c8ccccc8c7c6)c5)c4c3)c2)CCc2c1c1cc(-c3cccc(-c4cccc5c4sc4ccccc45)c3)ccc1c1ccccc21. The number of hydrogen-bond acceptors (Lipinski definition) is 1. The van der Waals surface area contributed by atoms with Crippen molar-refractivity contribution in [1.82, 2.24) is 4.57 Å². The van der Waals surface area contributed by atoms with E-state index in [1.165, 1.54) is 163 Å². The third kappa shape index (κ3) is 7.02. The number of rotatable bonds is 6. The van der Waals surface area contributed by atoms with Crippen molar-refractivity contribution in [2.45, 2.75) is 12.8 Å². The number of hydrogen-bond donors (Lipinski definition) is 0. The van der Waals surface area contributed by atoms with Crippen LogP contribution in [0.3, 0.4) is 0 Å². The highest BCUT2D eigenvalue weighted by Crippen LogP contribution is 2.45. The maximum Gasteiger partial charge on any atom is 0.0547 e. The zero-order chi connectivity index (χ0) is 52.4. The second-order valence-corrected chi connectivity index (χ2v) is 22.8. The minimum Gasteiger partial charge on any atom is -0.309 e. The van der Waals surface area contributed by atoms with Gasteiger partial charge in [-0.25, -0.2) is 0 Å². The lowest BCUT2D eigenvalue weighted by Gasteiger charge is -2.22. The zero-order valence-corrected chi connectivity index (χ0v) is 44.6. The van der Waals surface area contributed by atoms with E-state index < -0.39 is 0 Å². The summed E-state index contributed by atoms with van der Waals surface area (Å²) in [6.07, 6.45) is 4.48. The number of aromatic nitrogens is 1. The van der Waals surface area contributed by atoms with Gasteiger partial charge in [0.1, 0.15) is 0 Å². The highest BCUT2D eigenvalue weighted by molar-refractivity contribution is 7.26. The van der Waals surface area contributed by atoms with Gasteiger partial charge in [0.25, 0.3) is 0 Å². The number of para-hydroxylation sites is 1. The Morgan fingerprint density at radius 3 is 1.49 bits per heavy atom. The molecule has 2 aromatic heterocycles. The molecule has 16 aromatic rings. The first-order valence-corrected chi connectivity index (χ1v) is 28.7. The van der Waals surface area contributed by atoms with Crippen molar-refractivity contribution >= 4 is 119 Å². The Morgan fingerprint density at radius 1 is 0.275 bits per heavy atom. The molecule has 2 heteroatoms. The Labute approximate surface area is 467 Å². The van der Waals surface area contributed by atoms with Crippen LogP contribution in [0.25, 0.3) is 158 Å². The second-order valence-electron chi connectivity index (χ2n) is 21.8. The predicted molar refractivity (Wildman–Crippen MR) is 346 cm³/mol. The molecule has 1 nitrogen and oxygen atoms in total. The van der Waals surface area contributed by atoms with Gasteiger partial charge in [0.2, 0.25) is 0 Å². The summed E-state index contributed by atoms with van der Waals surface area (Å²) in [6, 6.07) is 100.0. The molecular weight excluding hydrogens is 983 g/mol. The molecule has 2 heterocycles. The molecule has 0 atom stereocenters. The molecular formula is C78H49NS. The second kappa shape index (κ2) is 17.8. The van der Waals surface area contributed by atoms with Gasteiger partial charge in [-0.3, -0.25) is 0 Å². The normalized spacial score (nSPS) is 12.7. The summed E-state index contributed by atoms with van der Waals surface area (Å²) in [4.78, 5) is 0. The number of fused-ring (bicyclic) bond motifs is 18. The molecule has 0 saturated heterocycles. The average Bonchev–Trinajstić information content (AvgIpc) is 4.26. The number of thiophene rings is 1. The number of nitrogens with zero attached hydrogens (tertiary/aromatic N) is 1. The van der Waals surface area contributed by atoms with Gasteiger partial charge in [-0.2, -0.15) is 0 Å². The van der Waals surface area contributed by atoms with E-state index in [9.17, 15) is 0 Å². The molecule has 0 fully saturated rings. The van der Waals surface area contributed by atoms with E-state index in [2.05, 4.69) is 278 Å². The first kappa shape index (κ1) is 45.2. The van der Waals surface area contributed by atoms with E-state index in [1.807, 2.05) is 11.3 Å².